The summed E-state index contributed by atoms with van der Waals surface area (Å²) in [6, 6.07) is 11.6. The molecule has 4 nitrogen and oxygen atoms in total. The molecule has 0 bridgehead atoms. The highest BCUT2D eigenvalue weighted by atomic mass is 19.2. The molecule has 0 radical (unpaired) electrons. The molecule has 0 aliphatic carbocycles. The Morgan fingerprint density at radius 3 is 2.72 bits per heavy atom. The molecule has 6 heteroatoms. The first-order valence-corrected chi connectivity index (χ1v) is 8.41. The number of nitrogens with one attached hydrogen (secondary N) is 1. The minimum atomic E-state index is -0.833. The number of likely N-dealkylation sites (tertiary alicyclic amines) is 1. The van der Waals surface area contributed by atoms with Crippen molar-refractivity contribution in [3.8, 4) is 5.75 Å². The smallest absolute Gasteiger partial charge is 0.181 e. The third-order valence-electron chi connectivity index (χ3n) is 4.37. The average Bonchev–Trinajstić information content (AvgIpc) is 3.07. The number of rotatable bonds is 7. The van der Waals surface area contributed by atoms with Crippen LogP contribution in [0, 0.1) is 11.6 Å². The number of benzene rings is 2. The Bertz CT molecular complexity index is 694. The van der Waals surface area contributed by atoms with Gasteiger partial charge in [-0.1, -0.05) is 18.2 Å². The highest BCUT2D eigenvalue weighted by molar-refractivity contribution is 5.46. The molecule has 1 fully saturated rings. The molecule has 1 aliphatic rings. The van der Waals surface area contributed by atoms with E-state index in [1.165, 1.54) is 6.07 Å². The maximum absolute atomic E-state index is 13.7. The fourth-order valence-corrected chi connectivity index (χ4v) is 2.97. The summed E-state index contributed by atoms with van der Waals surface area (Å²) in [6.07, 6.45) is 0.876. The molecule has 1 aliphatic heterocycles. The van der Waals surface area contributed by atoms with Crippen molar-refractivity contribution in [1.29, 1.82) is 0 Å². The van der Waals surface area contributed by atoms with Crippen LogP contribution in [0.5, 0.6) is 5.75 Å². The van der Waals surface area contributed by atoms with E-state index in [0.717, 1.165) is 43.4 Å². The first-order chi connectivity index (χ1) is 12.2. The monoisotopic (exact) mass is 348 g/mol. The van der Waals surface area contributed by atoms with Gasteiger partial charge in [-0.25, -0.2) is 8.78 Å². The van der Waals surface area contributed by atoms with Gasteiger partial charge in [0, 0.05) is 25.7 Å². The van der Waals surface area contributed by atoms with Crippen LogP contribution in [-0.2, 0) is 6.61 Å². The number of hydrogen-bond donors (Lipinski definition) is 2. The van der Waals surface area contributed by atoms with Gasteiger partial charge in [0.05, 0.1) is 12.3 Å². The van der Waals surface area contributed by atoms with E-state index in [9.17, 15) is 8.78 Å². The number of aliphatic hydroxyl groups excluding tert-OH is 1. The van der Waals surface area contributed by atoms with E-state index in [2.05, 4.69) is 10.2 Å². The normalized spacial score (nSPS) is 17.6. The highest BCUT2D eigenvalue weighted by Crippen LogP contribution is 2.21. The van der Waals surface area contributed by atoms with E-state index >= 15 is 0 Å². The van der Waals surface area contributed by atoms with Gasteiger partial charge in [0.15, 0.2) is 11.6 Å². The van der Waals surface area contributed by atoms with E-state index in [-0.39, 0.29) is 18.3 Å². The molecule has 3 rings (SSSR count). The van der Waals surface area contributed by atoms with Crippen molar-refractivity contribution >= 4 is 5.69 Å². The molecule has 1 unspecified atom stereocenters. The number of ether oxygens (including phenoxy) is 1. The lowest BCUT2D eigenvalue weighted by Crippen LogP contribution is -2.29. The van der Waals surface area contributed by atoms with Crippen molar-refractivity contribution < 1.29 is 18.6 Å². The quantitative estimate of drug-likeness (QED) is 0.807. The molecule has 0 saturated carbocycles. The van der Waals surface area contributed by atoms with E-state index in [0.29, 0.717) is 6.61 Å². The summed E-state index contributed by atoms with van der Waals surface area (Å²) in [5, 5.41) is 12.1. The van der Waals surface area contributed by atoms with Crippen LogP contribution < -0.4 is 10.1 Å². The average molecular weight is 348 g/mol. The summed E-state index contributed by atoms with van der Waals surface area (Å²) < 4.78 is 32.7. The SMILES string of the molecule is OCc1ccc(OCCN2CCC(Nc3cccc(F)c3F)C2)cc1. The van der Waals surface area contributed by atoms with Gasteiger partial charge in [0.25, 0.3) is 0 Å². The van der Waals surface area contributed by atoms with Gasteiger partial charge in [-0.3, -0.25) is 4.90 Å². The second-order valence-electron chi connectivity index (χ2n) is 6.18. The second-order valence-corrected chi connectivity index (χ2v) is 6.18. The van der Waals surface area contributed by atoms with Gasteiger partial charge in [0.1, 0.15) is 12.4 Å². The number of aliphatic hydroxyl groups is 1. The molecule has 0 amide bonds. The highest BCUT2D eigenvalue weighted by Gasteiger charge is 2.23. The van der Waals surface area contributed by atoms with Gasteiger partial charge < -0.3 is 15.2 Å². The van der Waals surface area contributed by atoms with Gasteiger partial charge >= 0.3 is 0 Å². The summed E-state index contributed by atoms with van der Waals surface area (Å²) in [6.45, 7) is 3.00. The Morgan fingerprint density at radius 2 is 1.96 bits per heavy atom. The van der Waals surface area contributed by atoms with Crippen molar-refractivity contribution in [1.82, 2.24) is 4.90 Å². The third-order valence-corrected chi connectivity index (χ3v) is 4.37. The van der Waals surface area contributed by atoms with Crippen molar-refractivity contribution in [3.63, 3.8) is 0 Å². The lowest BCUT2D eigenvalue weighted by molar-refractivity contribution is 0.236. The summed E-state index contributed by atoms with van der Waals surface area (Å²) in [5.74, 6) is -0.885. The van der Waals surface area contributed by atoms with Crippen LogP contribution in [0.15, 0.2) is 42.5 Å². The molecule has 2 N–H and O–H groups in total. The zero-order chi connectivity index (χ0) is 17.6. The Balaban J connectivity index is 1.42. The van der Waals surface area contributed by atoms with Crippen LogP contribution in [0.2, 0.25) is 0 Å². The van der Waals surface area contributed by atoms with Crippen LogP contribution in [0.4, 0.5) is 14.5 Å². The predicted molar refractivity (Wildman–Crippen MR) is 92.7 cm³/mol. The first-order valence-electron chi connectivity index (χ1n) is 8.41. The zero-order valence-corrected chi connectivity index (χ0v) is 13.9. The lowest BCUT2D eigenvalue weighted by Gasteiger charge is -2.18. The third kappa shape index (κ3) is 4.67. The van der Waals surface area contributed by atoms with E-state index in [4.69, 9.17) is 9.84 Å². The van der Waals surface area contributed by atoms with Gasteiger partial charge in [-0.15, -0.1) is 0 Å². The number of nitrogens with zero attached hydrogens (tertiary/aromatic N) is 1. The van der Waals surface area contributed by atoms with Crippen LogP contribution >= 0.6 is 0 Å². The number of hydrogen-bond acceptors (Lipinski definition) is 4. The molecule has 0 aromatic heterocycles. The number of halogens is 2. The maximum Gasteiger partial charge on any atom is 0.181 e. The molecular formula is C19H22F2N2O2. The molecule has 2 aromatic carbocycles. The summed E-state index contributed by atoms with van der Waals surface area (Å²) in [4.78, 5) is 2.23. The molecule has 134 valence electrons. The molecule has 1 saturated heterocycles. The standard InChI is InChI=1S/C19H22F2N2O2/c20-17-2-1-3-18(19(17)21)22-15-8-9-23(12-15)10-11-25-16-6-4-14(13-24)5-7-16/h1-7,15,22,24H,8-13H2. The van der Waals surface area contributed by atoms with Crippen LogP contribution in [0.1, 0.15) is 12.0 Å². The molecule has 1 atom stereocenters. The summed E-state index contributed by atoms with van der Waals surface area (Å²) in [7, 11) is 0. The van der Waals surface area contributed by atoms with Crippen LogP contribution in [0.25, 0.3) is 0 Å². The summed E-state index contributed by atoms with van der Waals surface area (Å²) in [5.41, 5.74) is 1.07. The Hall–Kier alpha value is -2.18. The van der Waals surface area contributed by atoms with Crippen molar-refractivity contribution in [2.45, 2.75) is 19.1 Å². The van der Waals surface area contributed by atoms with Gasteiger partial charge in [-0.2, -0.15) is 0 Å². The maximum atomic E-state index is 13.7. The van der Waals surface area contributed by atoms with Crippen LogP contribution in [-0.4, -0.2) is 42.3 Å². The minimum Gasteiger partial charge on any atom is -0.492 e. The van der Waals surface area contributed by atoms with E-state index in [1.807, 2.05) is 24.3 Å². The predicted octanol–water partition coefficient (Wildman–Crippen LogP) is 3.02. The Kier molecular flexibility index (Phi) is 5.83. The Labute approximate surface area is 146 Å². The molecular weight excluding hydrogens is 326 g/mol. The lowest BCUT2D eigenvalue weighted by atomic mass is 10.2. The van der Waals surface area contributed by atoms with E-state index < -0.39 is 11.6 Å². The van der Waals surface area contributed by atoms with Crippen molar-refractivity contribution in [2.24, 2.45) is 0 Å². The molecule has 0 spiro atoms. The molecule has 1 heterocycles. The molecule has 2 aromatic rings. The number of anilines is 1. The van der Waals surface area contributed by atoms with E-state index in [1.54, 1.807) is 6.07 Å². The van der Waals surface area contributed by atoms with Crippen molar-refractivity contribution in [2.75, 3.05) is 31.6 Å². The topological polar surface area (TPSA) is 44.7 Å². The Morgan fingerprint density at radius 1 is 1.16 bits per heavy atom. The largest absolute Gasteiger partial charge is 0.492 e. The second kappa shape index (κ2) is 8.27. The fourth-order valence-electron chi connectivity index (χ4n) is 2.97. The summed E-state index contributed by atoms with van der Waals surface area (Å²) >= 11 is 0. The van der Waals surface area contributed by atoms with Gasteiger partial charge in [0.2, 0.25) is 0 Å². The molecule has 25 heavy (non-hydrogen) atoms. The van der Waals surface area contributed by atoms with Crippen LogP contribution in [0.3, 0.4) is 0 Å². The minimum absolute atomic E-state index is 0.0222. The zero-order valence-electron chi connectivity index (χ0n) is 13.9. The first kappa shape index (κ1) is 17.6. The fraction of sp³-hybridized carbons (Fsp3) is 0.368. The van der Waals surface area contributed by atoms with Gasteiger partial charge in [-0.05, 0) is 36.2 Å². The van der Waals surface area contributed by atoms with Crippen molar-refractivity contribution in [3.05, 3.63) is 59.7 Å².